The first-order chi connectivity index (χ1) is 10.1. The average Bonchev–Trinajstić information content (AvgIpc) is 2.95. The fourth-order valence-corrected chi connectivity index (χ4v) is 3.07. The molecule has 0 spiro atoms. The SMILES string of the molecule is Cn1cc(NC(=O)c2ccc(S(=O)(=O)NC(C)(C)C)o2)cn1. The van der Waals surface area contributed by atoms with Crippen molar-refractivity contribution in [1.82, 2.24) is 14.5 Å². The molecule has 0 aromatic carbocycles. The van der Waals surface area contributed by atoms with Crippen molar-refractivity contribution in [2.24, 2.45) is 7.05 Å². The second-order valence-electron chi connectivity index (χ2n) is 5.83. The number of rotatable bonds is 4. The van der Waals surface area contributed by atoms with Crippen LogP contribution >= 0.6 is 0 Å². The summed E-state index contributed by atoms with van der Waals surface area (Å²) in [5.74, 6) is -0.650. The third-order valence-corrected chi connectivity index (χ3v) is 4.10. The van der Waals surface area contributed by atoms with Crippen molar-refractivity contribution in [3.63, 3.8) is 0 Å². The lowest BCUT2D eigenvalue weighted by molar-refractivity contribution is 0.0991. The molecule has 0 atom stereocenters. The van der Waals surface area contributed by atoms with E-state index in [-0.39, 0.29) is 10.9 Å². The maximum Gasteiger partial charge on any atom is 0.291 e. The van der Waals surface area contributed by atoms with Gasteiger partial charge in [0.2, 0.25) is 5.09 Å². The number of amides is 1. The van der Waals surface area contributed by atoms with Gasteiger partial charge in [-0.05, 0) is 32.9 Å². The Hall–Kier alpha value is -2.13. The second-order valence-corrected chi connectivity index (χ2v) is 7.44. The number of carbonyl (C=O) groups excluding carboxylic acids is 1. The largest absolute Gasteiger partial charge is 0.438 e. The molecule has 120 valence electrons. The molecule has 0 saturated heterocycles. The van der Waals surface area contributed by atoms with Gasteiger partial charge in [-0.1, -0.05) is 0 Å². The molecule has 2 N–H and O–H groups in total. The highest BCUT2D eigenvalue weighted by atomic mass is 32.2. The number of aromatic nitrogens is 2. The van der Waals surface area contributed by atoms with Crippen LogP contribution in [0.5, 0.6) is 0 Å². The Balaban J connectivity index is 2.15. The van der Waals surface area contributed by atoms with E-state index in [0.29, 0.717) is 5.69 Å². The Kier molecular flexibility index (Phi) is 4.12. The lowest BCUT2D eigenvalue weighted by Crippen LogP contribution is -2.40. The van der Waals surface area contributed by atoms with E-state index in [2.05, 4.69) is 15.1 Å². The Morgan fingerprint density at radius 3 is 2.55 bits per heavy atom. The van der Waals surface area contributed by atoms with E-state index in [1.54, 1.807) is 34.0 Å². The van der Waals surface area contributed by atoms with Gasteiger partial charge < -0.3 is 9.73 Å². The molecule has 0 unspecified atom stereocenters. The topological polar surface area (TPSA) is 106 Å². The minimum atomic E-state index is -3.81. The van der Waals surface area contributed by atoms with Crippen molar-refractivity contribution < 1.29 is 17.6 Å². The fraction of sp³-hybridized carbons (Fsp3) is 0.385. The van der Waals surface area contributed by atoms with Gasteiger partial charge in [0.05, 0.1) is 11.9 Å². The third-order valence-electron chi connectivity index (χ3n) is 2.47. The van der Waals surface area contributed by atoms with Gasteiger partial charge in [0.15, 0.2) is 5.76 Å². The molecule has 22 heavy (non-hydrogen) atoms. The Bertz CT molecular complexity index is 783. The van der Waals surface area contributed by atoms with Crippen LogP contribution in [0.3, 0.4) is 0 Å². The highest BCUT2D eigenvalue weighted by molar-refractivity contribution is 7.89. The monoisotopic (exact) mass is 326 g/mol. The first-order valence-electron chi connectivity index (χ1n) is 6.51. The van der Waals surface area contributed by atoms with Crippen molar-refractivity contribution in [1.29, 1.82) is 0 Å². The van der Waals surface area contributed by atoms with Crippen molar-refractivity contribution in [3.8, 4) is 0 Å². The van der Waals surface area contributed by atoms with Crippen LogP contribution < -0.4 is 10.0 Å². The zero-order chi connectivity index (χ0) is 16.5. The predicted molar refractivity (Wildman–Crippen MR) is 79.9 cm³/mol. The number of hydrogen-bond acceptors (Lipinski definition) is 5. The fourth-order valence-electron chi connectivity index (χ4n) is 1.72. The van der Waals surface area contributed by atoms with Crippen LogP contribution in [0.4, 0.5) is 5.69 Å². The maximum atomic E-state index is 12.1. The van der Waals surface area contributed by atoms with Crippen LogP contribution in [-0.4, -0.2) is 29.6 Å². The molecule has 9 heteroatoms. The molecule has 0 aliphatic heterocycles. The number of anilines is 1. The van der Waals surface area contributed by atoms with Gasteiger partial charge in [-0.2, -0.15) is 5.10 Å². The molecule has 0 saturated carbocycles. The van der Waals surface area contributed by atoms with E-state index in [4.69, 9.17) is 4.42 Å². The van der Waals surface area contributed by atoms with Crippen molar-refractivity contribution in [3.05, 3.63) is 30.3 Å². The normalized spacial score (nSPS) is 12.4. The quantitative estimate of drug-likeness (QED) is 0.882. The minimum absolute atomic E-state index is 0.0989. The van der Waals surface area contributed by atoms with Crippen LogP contribution in [0.25, 0.3) is 0 Å². The van der Waals surface area contributed by atoms with E-state index in [9.17, 15) is 13.2 Å². The van der Waals surface area contributed by atoms with Gasteiger partial charge in [0, 0.05) is 18.8 Å². The standard InChI is InChI=1S/C13H18N4O4S/c1-13(2,3)16-22(19,20)11-6-5-10(21-11)12(18)15-9-7-14-17(4)8-9/h5-8,16H,1-4H3,(H,15,18). The van der Waals surface area contributed by atoms with Crippen LogP contribution in [0.1, 0.15) is 31.3 Å². The van der Waals surface area contributed by atoms with Crippen molar-refractivity contribution in [2.45, 2.75) is 31.4 Å². The number of nitrogens with zero attached hydrogens (tertiary/aromatic N) is 2. The number of furan rings is 1. The molecule has 0 radical (unpaired) electrons. The number of hydrogen-bond donors (Lipinski definition) is 2. The number of nitrogens with one attached hydrogen (secondary N) is 2. The van der Waals surface area contributed by atoms with Crippen molar-refractivity contribution >= 4 is 21.6 Å². The molecule has 0 bridgehead atoms. The van der Waals surface area contributed by atoms with E-state index in [1.807, 2.05) is 0 Å². The third kappa shape index (κ3) is 3.95. The number of sulfonamides is 1. The Morgan fingerprint density at radius 2 is 2.00 bits per heavy atom. The molecule has 2 heterocycles. The van der Waals surface area contributed by atoms with E-state index < -0.39 is 21.5 Å². The highest BCUT2D eigenvalue weighted by Crippen LogP contribution is 2.17. The summed E-state index contributed by atoms with van der Waals surface area (Å²) >= 11 is 0. The molecule has 0 fully saturated rings. The van der Waals surface area contributed by atoms with Gasteiger partial charge in [-0.15, -0.1) is 0 Å². The lowest BCUT2D eigenvalue weighted by atomic mass is 10.1. The molecule has 1 amide bonds. The number of aryl methyl sites for hydroxylation is 1. The summed E-state index contributed by atoms with van der Waals surface area (Å²) in [6.07, 6.45) is 3.08. The summed E-state index contributed by atoms with van der Waals surface area (Å²) in [6.45, 7) is 5.14. The minimum Gasteiger partial charge on any atom is -0.438 e. The second kappa shape index (κ2) is 5.58. The molecular formula is C13H18N4O4S. The van der Waals surface area contributed by atoms with Gasteiger partial charge in [-0.3, -0.25) is 9.48 Å². The van der Waals surface area contributed by atoms with Gasteiger partial charge in [0.25, 0.3) is 15.9 Å². The van der Waals surface area contributed by atoms with E-state index in [0.717, 1.165) is 0 Å². The zero-order valence-electron chi connectivity index (χ0n) is 12.7. The van der Waals surface area contributed by atoms with Crippen LogP contribution in [0, 0.1) is 0 Å². The summed E-state index contributed by atoms with van der Waals surface area (Å²) in [7, 11) is -2.10. The van der Waals surface area contributed by atoms with Crippen LogP contribution in [0.2, 0.25) is 0 Å². The van der Waals surface area contributed by atoms with Crippen LogP contribution in [0.15, 0.2) is 34.0 Å². The number of carbonyl (C=O) groups is 1. The van der Waals surface area contributed by atoms with Crippen LogP contribution in [-0.2, 0) is 17.1 Å². The van der Waals surface area contributed by atoms with Gasteiger partial charge >= 0.3 is 0 Å². The van der Waals surface area contributed by atoms with Crippen molar-refractivity contribution in [2.75, 3.05) is 5.32 Å². The Morgan fingerprint density at radius 1 is 1.32 bits per heavy atom. The Labute approximate surface area is 128 Å². The van der Waals surface area contributed by atoms with E-state index >= 15 is 0 Å². The van der Waals surface area contributed by atoms with Gasteiger partial charge in [-0.25, -0.2) is 13.1 Å². The lowest BCUT2D eigenvalue weighted by Gasteiger charge is -2.18. The summed E-state index contributed by atoms with van der Waals surface area (Å²) in [5, 5.41) is 6.17. The first kappa shape index (κ1) is 16.2. The summed E-state index contributed by atoms with van der Waals surface area (Å²) < 4.78 is 33.3. The molecular weight excluding hydrogens is 308 g/mol. The molecule has 0 aliphatic carbocycles. The summed E-state index contributed by atoms with van der Waals surface area (Å²) in [4.78, 5) is 12.0. The summed E-state index contributed by atoms with van der Waals surface area (Å²) in [5.41, 5.74) is -0.162. The zero-order valence-corrected chi connectivity index (χ0v) is 13.6. The average molecular weight is 326 g/mol. The summed E-state index contributed by atoms with van der Waals surface area (Å²) in [6, 6.07) is 2.55. The maximum absolute atomic E-state index is 12.1. The molecule has 2 rings (SSSR count). The molecule has 0 aliphatic rings. The molecule has 2 aromatic rings. The predicted octanol–water partition coefficient (Wildman–Crippen LogP) is 1.34. The molecule has 2 aromatic heterocycles. The van der Waals surface area contributed by atoms with Gasteiger partial charge in [0.1, 0.15) is 0 Å². The van der Waals surface area contributed by atoms with E-state index in [1.165, 1.54) is 23.0 Å². The highest BCUT2D eigenvalue weighted by Gasteiger charge is 2.26. The smallest absolute Gasteiger partial charge is 0.291 e. The molecule has 8 nitrogen and oxygen atoms in total. The first-order valence-corrected chi connectivity index (χ1v) is 7.99.